The van der Waals surface area contributed by atoms with Crippen LogP contribution in [0.15, 0.2) is 36.7 Å². The van der Waals surface area contributed by atoms with Crippen molar-refractivity contribution in [2.75, 3.05) is 52.5 Å². The fraction of sp³-hybridized carbons (Fsp3) is 0.474. The second-order valence-electron chi connectivity index (χ2n) is 6.98. The molecule has 2 aliphatic heterocycles. The molecule has 0 bridgehead atoms. The normalized spacial score (nSPS) is 20.3. The summed E-state index contributed by atoms with van der Waals surface area (Å²) in [6.07, 6.45) is 3.17. The summed E-state index contributed by atoms with van der Waals surface area (Å²) in [6.45, 7) is 6.11. The van der Waals surface area contributed by atoms with Gasteiger partial charge in [-0.15, -0.1) is 0 Å². The van der Waals surface area contributed by atoms with Crippen LogP contribution in [-0.4, -0.2) is 83.0 Å². The molecular weight excluding hydrogens is 401 g/mol. The molecule has 0 N–H and O–H groups in total. The van der Waals surface area contributed by atoms with Crippen molar-refractivity contribution < 1.29 is 9.53 Å². The molecule has 2 saturated heterocycles. The fourth-order valence-electron chi connectivity index (χ4n) is 3.82. The van der Waals surface area contributed by atoms with E-state index < -0.39 is 0 Å². The molecule has 7 nitrogen and oxygen atoms in total. The maximum absolute atomic E-state index is 12.6. The highest BCUT2D eigenvalue weighted by atomic mass is 35.5. The highest BCUT2D eigenvalue weighted by Crippen LogP contribution is 2.28. The molecule has 1 unspecified atom stereocenters. The first-order chi connectivity index (χ1) is 13.6. The first kappa shape index (κ1) is 19.7. The molecule has 2 aromatic rings. The molecule has 0 radical (unpaired) electrons. The maximum Gasteiger partial charge on any atom is 0.344 e. The molecule has 3 heterocycles. The van der Waals surface area contributed by atoms with E-state index in [2.05, 4.69) is 27.0 Å². The summed E-state index contributed by atoms with van der Waals surface area (Å²) in [5.74, 6) is 0. The fourth-order valence-corrected chi connectivity index (χ4v) is 4.08. The Morgan fingerprint density at radius 2 is 1.57 bits per heavy atom. The highest BCUT2D eigenvalue weighted by Gasteiger charge is 2.32. The summed E-state index contributed by atoms with van der Waals surface area (Å²) in [7, 11) is 0. The number of piperazine rings is 1. The van der Waals surface area contributed by atoms with E-state index >= 15 is 0 Å². The minimum Gasteiger partial charge on any atom is -0.379 e. The number of nitrogens with zero attached hydrogens (tertiary/aromatic N) is 5. The van der Waals surface area contributed by atoms with Gasteiger partial charge in [-0.3, -0.25) is 9.80 Å². The first-order valence-electron chi connectivity index (χ1n) is 9.42. The van der Waals surface area contributed by atoms with Crippen LogP contribution in [0.3, 0.4) is 0 Å². The summed E-state index contributed by atoms with van der Waals surface area (Å²) in [5, 5.41) is 5.21. The largest absolute Gasteiger partial charge is 0.379 e. The van der Waals surface area contributed by atoms with Gasteiger partial charge in [-0.2, -0.15) is 9.78 Å². The van der Waals surface area contributed by atoms with Gasteiger partial charge in [0.1, 0.15) is 0 Å². The predicted octanol–water partition coefficient (Wildman–Crippen LogP) is 2.81. The molecule has 1 aromatic carbocycles. The van der Waals surface area contributed by atoms with Gasteiger partial charge in [-0.25, -0.2) is 4.79 Å². The summed E-state index contributed by atoms with van der Waals surface area (Å²) in [6, 6.07) is 7.91. The van der Waals surface area contributed by atoms with E-state index in [1.807, 2.05) is 17.0 Å². The van der Waals surface area contributed by atoms with Crippen LogP contribution in [0.5, 0.6) is 0 Å². The van der Waals surface area contributed by atoms with Crippen LogP contribution in [-0.2, 0) is 4.74 Å². The predicted molar refractivity (Wildman–Crippen MR) is 108 cm³/mol. The van der Waals surface area contributed by atoms with Crippen molar-refractivity contribution >= 4 is 29.2 Å². The van der Waals surface area contributed by atoms with Crippen molar-refractivity contribution in [1.82, 2.24) is 24.5 Å². The number of morpholine rings is 1. The molecule has 1 amide bonds. The van der Waals surface area contributed by atoms with Gasteiger partial charge in [0.2, 0.25) is 0 Å². The van der Waals surface area contributed by atoms with Gasteiger partial charge < -0.3 is 9.64 Å². The molecule has 1 atom stereocenters. The molecule has 0 aliphatic carbocycles. The van der Waals surface area contributed by atoms with Crippen LogP contribution in [0.1, 0.15) is 11.7 Å². The van der Waals surface area contributed by atoms with E-state index in [1.165, 1.54) is 16.4 Å². The summed E-state index contributed by atoms with van der Waals surface area (Å²) in [5.41, 5.74) is 1.21. The summed E-state index contributed by atoms with van der Waals surface area (Å²) < 4.78 is 6.84. The Hall–Kier alpha value is -1.64. The van der Waals surface area contributed by atoms with E-state index in [0.29, 0.717) is 18.1 Å². The van der Waals surface area contributed by atoms with Gasteiger partial charge in [0.05, 0.1) is 36.8 Å². The van der Waals surface area contributed by atoms with Crippen LogP contribution < -0.4 is 0 Å². The molecular formula is C19H23Cl2N5O2. The number of hydrogen-bond acceptors (Lipinski definition) is 5. The number of rotatable bonds is 3. The third-order valence-corrected chi connectivity index (χ3v) is 5.68. The molecule has 4 rings (SSSR count). The Bertz CT molecular complexity index is 799. The Balaban J connectivity index is 1.47. The van der Waals surface area contributed by atoms with Crippen molar-refractivity contribution in [3.05, 3.63) is 52.3 Å². The van der Waals surface area contributed by atoms with E-state index in [-0.39, 0.29) is 12.2 Å². The molecule has 150 valence electrons. The monoisotopic (exact) mass is 423 g/mol. The molecule has 0 saturated carbocycles. The minimum atomic E-state index is -0.138. The molecule has 0 spiro atoms. The van der Waals surface area contributed by atoms with E-state index in [1.54, 1.807) is 6.20 Å². The lowest BCUT2D eigenvalue weighted by atomic mass is 10.1. The van der Waals surface area contributed by atoms with Crippen LogP contribution in [0.2, 0.25) is 10.0 Å². The summed E-state index contributed by atoms with van der Waals surface area (Å²) >= 11 is 12.0. The van der Waals surface area contributed by atoms with Gasteiger partial charge in [0.25, 0.3) is 0 Å². The number of hydrogen-bond donors (Lipinski definition) is 0. The van der Waals surface area contributed by atoms with Gasteiger partial charge in [0.15, 0.2) is 0 Å². The molecule has 9 heteroatoms. The van der Waals surface area contributed by atoms with Gasteiger partial charge in [0, 0.05) is 44.3 Å². The van der Waals surface area contributed by atoms with Crippen molar-refractivity contribution in [2.45, 2.75) is 6.17 Å². The smallest absolute Gasteiger partial charge is 0.344 e. The lowest BCUT2D eigenvalue weighted by Gasteiger charge is -2.45. The zero-order valence-electron chi connectivity index (χ0n) is 15.5. The zero-order valence-corrected chi connectivity index (χ0v) is 17.0. The minimum absolute atomic E-state index is 0.138. The van der Waals surface area contributed by atoms with E-state index in [9.17, 15) is 4.79 Å². The second-order valence-corrected chi connectivity index (χ2v) is 7.86. The first-order valence-corrected chi connectivity index (χ1v) is 10.2. The highest BCUT2D eigenvalue weighted by molar-refractivity contribution is 6.30. The number of aromatic nitrogens is 2. The van der Waals surface area contributed by atoms with Crippen LogP contribution >= 0.6 is 23.2 Å². The average molecular weight is 424 g/mol. The van der Waals surface area contributed by atoms with Crippen LogP contribution in [0, 0.1) is 0 Å². The number of halogens is 2. The number of benzene rings is 1. The number of carbonyl (C=O) groups is 1. The Morgan fingerprint density at radius 3 is 2.18 bits per heavy atom. The SMILES string of the molecule is O=C(N1CCN(C(c2ccc(Cl)cc2)N2CCOCC2)CC1)n1cc(Cl)cn1. The van der Waals surface area contributed by atoms with E-state index in [4.69, 9.17) is 27.9 Å². The number of amides is 1. The Morgan fingerprint density at radius 1 is 0.929 bits per heavy atom. The topological polar surface area (TPSA) is 53.8 Å². The quantitative estimate of drug-likeness (QED) is 0.759. The Labute approximate surface area is 174 Å². The van der Waals surface area contributed by atoms with Crippen molar-refractivity contribution in [1.29, 1.82) is 0 Å². The molecule has 2 aliphatic rings. The van der Waals surface area contributed by atoms with Crippen LogP contribution in [0.25, 0.3) is 0 Å². The lowest BCUT2D eigenvalue weighted by Crippen LogP contribution is -2.55. The van der Waals surface area contributed by atoms with Gasteiger partial charge in [-0.05, 0) is 17.7 Å². The van der Waals surface area contributed by atoms with Crippen molar-refractivity contribution in [3.8, 4) is 0 Å². The standard InChI is InChI=1S/C19H23Cl2N5O2/c20-16-3-1-15(2-4-16)18(24-9-11-28-12-10-24)23-5-7-25(8-6-23)19(27)26-14-17(21)13-22-26/h1-4,13-14,18H,5-12H2. The molecule has 2 fully saturated rings. The van der Waals surface area contributed by atoms with Gasteiger partial charge >= 0.3 is 6.03 Å². The van der Waals surface area contributed by atoms with Crippen molar-refractivity contribution in [2.24, 2.45) is 0 Å². The van der Waals surface area contributed by atoms with Crippen LogP contribution in [0.4, 0.5) is 4.79 Å². The zero-order chi connectivity index (χ0) is 19.5. The second kappa shape index (κ2) is 8.80. The third-order valence-electron chi connectivity index (χ3n) is 5.24. The molecule has 1 aromatic heterocycles. The maximum atomic E-state index is 12.6. The molecule has 28 heavy (non-hydrogen) atoms. The number of ether oxygens (including phenoxy) is 1. The third kappa shape index (κ3) is 4.34. The lowest BCUT2D eigenvalue weighted by molar-refractivity contribution is -0.0452. The van der Waals surface area contributed by atoms with Gasteiger partial charge in [-0.1, -0.05) is 35.3 Å². The van der Waals surface area contributed by atoms with E-state index in [0.717, 1.165) is 44.4 Å². The Kier molecular flexibility index (Phi) is 6.18. The average Bonchev–Trinajstić information content (AvgIpc) is 3.17. The van der Waals surface area contributed by atoms with Crippen molar-refractivity contribution in [3.63, 3.8) is 0 Å². The number of carbonyl (C=O) groups excluding carboxylic acids is 1. The summed E-state index contributed by atoms with van der Waals surface area (Å²) in [4.78, 5) is 19.3.